The van der Waals surface area contributed by atoms with Gasteiger partial charge in [0, 0.05) is 23.6 Å². The van der Waals surface area contributed by atoms with Crippen LogP contribution in [0.1, 0.15) is 22.3 Å². The molecule has 0 bridgehead atoms. The number of aryl methyl sites for hydroxylation is 4. The van der Waals surface area contributed by atoms with Gasteiger partial charge in [-0.05, 0) is 62.6 Å². The van der Waals surface area contributed by atoms with Crippen LogP contribution in [-0.4, -0.2) is 35.9 Å². The summed E-state index contributed by atoms with van der Waals surface area (Å²) in [6.45, 7) is 8.23. The highest BCUT2D eigenvalue weighted by atomic mass is 32.2. The van der Waals surface area contributed by atoms with E-state index in [-0.39, 0.29) is 11.7 Å². The number of hydrogen-bond acceptors (Lipinski definition) is 5. The van der Waals surface area contributed by atoms with Crippen molar-refractivity contribution in [1.29, 1.82) is 0 Å². The van der Waals surface area contributed by atoms with E-state index in [1.54, 1.807) is 0 Å². The first kappa shape index (κ1) is 21.2. The molecule has 0 saturated carbocycles. The second-order valence-corrected chi connectivity index (χ2v) is 9.23. The van der Waals surface area contributed by atoms with E-state index in [0.29, 0.717) is 10.8 Å². The normalized spacial score (nSPS) is 11.4. The number of hydrogen-bond donors (Lipinski definition) is 1. The van der Waals surface area contributed by atoms with Crippen LogP contribution in [0.3, 0.4) is 0 Å². The van der Waals surface area contributed by atoms with Crippen molar-refractivity contribution in [2.45, 2.75) is 32.9 Å². The zero-order valence-corrected chi connectivity index (χ0v) is 19.8. The van der Waals surface area contributed by atoms with Crippen molar-refractivity contribution in [3.05, 3.63) is 77.1 Å². The number of nitrogens with zero attached hydrogens (tertiary/aromatic N) is 5. The van der Waals surface area contributed by atoms with Gasteiger partial charge in [0.15, 0.2) is 10.8 Å². The largest absolute Gasteiger partial charge is 0.325 e. The number of amides is 1. The summed E-state index contributed by atoms with van der Waals surface area (Å²) in [6.07, 6.45) is 3.76. The Balaban J connectivity index is 1.37. The summed E-state index contributed by atoms with van der Waals surface area (Å²) in [6, 6.07) is 14.3. The number of fused-ring (bicyclic) bond motifs is 3. The molecule has 5 aromatic rings. The molecule has 5 rings (SSSR count). The fourth-order valence-electron chi connectivity index (χ4n) is 3.80. The van der Waals surface area contributed by atoms with Crippen molar-refractivity contribution < 1.29 is 4.79 Å². The molecule has 33 heavy (non-hydrogen) atoms. The Morgan fingerprint density at radius 2 is 1.79 bits per heavy atom. The monoisotopic (exact) mass is 456 g/mol. The van der Waals surface area contributed by atoms with E-state index in [0.717, 1.165) is 28.0 Å². The predicted octanol–water partition coefficient (Wildman–Crippen LogP) is 5.01. The summed E-state index contributed by atoms with van der Waals surface area (Å²) in [4.78, 5) is 12.5. The molecule has 1 N–H and O–H groups in total. The summed E-state index contributed by atoms with van der Waals surface area (Å²) in [5, 5.41) is 17.0. The molecule has 0 radical (unpaired) electrons. The van der Waals surface area contributed by atoms with E-state index < -0.39 is 0 Å². The minimum atomic E-state index is -0.0776. The lowest BCUT2D eigenvalue weighted by molar-refractivity contribution is -0.113. The third-order valence-electron chi connectivity index (χ3n) is 5.78. The van der Waals surface area contributed by atoms with Gasteiger partial charge in [0.25, 0.3) is 0 Å². The summed E-state index contributed by atoms with van der Waals surface area (Å²) in [5.74, 6) is 0.165. The number of thioether (sulfide) groups is 1. The van der Waals surface area contributed by atoms with Crippen LogP contribution in [0, 0.1) is 27.7 Å². The molecule has 166 valence electrons. The quantitative estimate of drug-likeness (QED) is 0.376. The Kier molecular flexibility index (Phi) is 5.38. The predicted molar refractivity (Wildman–Crippen MR) is 132 cm³/mol. The van der Waals surface area contributed by atoms with Crippen molar-refractivity contribution in [3.63, 3.8) is 0 Å². The van der Waals surface area contributed by atoms with Gasteiger partial charge in [-0.3, -0.25) is 9.20 Å². The van der Waals surface area contributed by atoms with Gasteiger partial charge in [-0.1, -0.05) is 41.6 Å². The zero-order chi connectivity index (χ0) is 23.1. The van der Waals surface area contributed by atoms with Crippen molar-refractivity contribution >= 4 is 34.5 Å². The number of benzene rings is 2. The molecule has 3 aromatic heterocycles. The number of nitrogens with one attached hydrogen (secondary N) is 1. The second-order valence-electron chi connectivity index (χ2n) is 8.29. The standard InChI is InChI=1S/C25H24N6OS/c1-15-5-8-20(18(4)11-15)26-23(32)14-33-25-28-27-24-22-13-21(29-31(22)10-9-30(24)25)19-7-6-16(2)17(3)12-19/h5-13H,14H2,1-4H3,(H,26,32). The minimum absolute atomic E-state index is 0.0776. The first-order valence-corrected chi connectivity index (χ1v) is 11.7. The Hall–Kier alpha value is -3.65. The number of carbonyl (C=O) groups excluding carboxylic acids is 1. The van der Waals surface area contributed by atoms with Crippen LogP contribution in [0.25, 0.3) is 22.4 Å². The van der Waals surface area contributed by atoms with E-state index in [2.05, 4.69) is 53.6 Å². The van der Waals surface area contributed by atoms with Gasteiger partial charge in [0.2, 0.25) is 5.91 Å². The first-order valence-electron chi connectivity index (χ1n) is 10.7. The van der Waals surface area contributed by atoms with Gasteiger partial charge >= 0.3 is 0 Å². The molecule has 0 saturated heterocycles. The lowest BCUT2D eigenvalue weighted by atomic mass is 10.0. The van der Waals surface area contributed by atoms with Crippen molar-refractivity contribution in [2.75, 3.05) is 11.1 Å². The average Bonchev–Trinajstić information content (AvgIpc) is 3.40. The summed E-state index contributed by atoms with van der Waals surface area (Å²) >= 11 is 1.36. The van der Waals surface area contributed by atoms with E-state index in [1.165, 1.54) is 28.5 Å². The zero-order valence-electron chi connectivity index (χ0n) is 19.0. The van der Waals surface area contributed by atoms with E-state index in [9.17, 15) is 4.79 Å². The van der Waals surface area contributed by atoms with Crippen molar-refractivity contribution in [3.8, 4) is 11.3 Å². The summed E-state index contributed by atoms with van der Waals surface area (Å²) in [7, 11) is 0. The molecule has 0 spiro atoms. The van der Waals surface area contributed by atoms with Crippen LogP contribution in [0.5, 0.6) is 0 Å². The molecule has 7 nitrogen and oxygen atoms in total. The van der Waals surface area contributed by atoms with Crippen LogP contribution in [0.4, 0.5) is 5.69 Å². The van der Waals surface area contributed by atoms with Crippen LogP contribution in [0.2, 0.25) is 0 Å². The molecule has 0 atom stereocenters. The molecule has 0 fully saturated rings. The highest BCUT2D eigenvalue weighted by Crippen LogP contribution is 2.26. The number of anilines is 1. The smallest absolute Gasteiger partial charge is 0.234 e. The third kappa shape index (κ3) is 4.09. The Morgan fingerprint density at radius 1 is 0.939 bits per heavy atom. The Bertz CT molecular complexity index is 1520. The number of carbonyl (C=O) groups is 1. The third-order valence-corrected chi connectivity index (χ3v) is 6.72. The van der Waals surface area contributed by atoms with Gasteiger partial charge in [-0.15, -0.1) is 10.2 Å². The molecule has 8 heteroatoms. The van der Waals surface area contributed by atoms with E-state index in [4.69, 9.17) is 5.10 Å². The van der Waals surface area contributed by atoms with E-state index >= 15 is 0 Å². The maximum absolute atomic E-state index is 12.5. The molecule has 2 aromatic carbocycles. The summed E-state index contributed by atoms with van der Waals surface area (Å²) < 4.78 is 3.71. The second kappa shape index (κ2) is 8.37. The molecule has 3 heterocycles. The first-order chi connectivity index (χ1) is 15.9. The lowest BCUT2D eigenvalue weighted by Gasteiger charge is -2.08. The SMILES string of the molecule is Cc1ccc(NC(=O)CSc2nnc3c4cc(-c5ccc(C)c(C)c5)nn4ccn23)c(C)c1. The molecule has 0 aliphatic heterocycles. The van der Waals surface area contributed by atoms with Gasteiger partial charge in [-0.25, -0.2) is 4.52 Å². The number of rotatable bonds is 5. The Labute approximate surface area is 195 Å². The lowest BCUT2D eigenvalue weighted by Crippen LogP contribution is -2.15. The van der Waals surface area contributed by atoms with Gasteiger partial charge in [0.1, 0.15) is 5.52 Å². The molecular weight excluding hydrogens is 432 g/mol. The highest BCUT2D eigenvalue weighted by Gasteiger charge is 2.15. The fourth-order valence-corrected chi connectivity index (χ4v) is 4.52. The molecule has 0 unspecified atom stereocenters. The molecular formula is C25H24N6OS. The van der Waals surface area contributed by atoms with Crippen molar-refractivity contribution in [2.24, 2.45) is 0 Å². The highest BCUT2D eigenvalue weighted by molar-refractivity contribution is 7.99. The average molecular weight is 457 g/mol. The van der Waals surface area contributed by atoms with Gasteiger partial charge in [-0.2, -0.15) is 5.10 Å². The summed E-state index contributed by atoms with van der Waals surface area (Å²) in [5.41, 5.74) is 9.05. The van der Waals surface area contributed by atoms with Crippen LogP contribution < -0.4 is 5.32 Å². The fraction of sp³-hybridized carbons (Fsp3) is 0.200. The maximum Gasteiger partial charge on any atom is 0.234 e. The van der Waals surface area contributed by atoms with Crippen LogP contribution in [0.15, 0.2) is 60.0 Å². The molecule has 1 amide bonds. The van der Waals surface area contributed by atoms with Gasteiger partial charge in [0.05, 0.1) is 11.4 Å². The van der Waals surface area contributed by atoms with E-state index in [1.807, 2.05) is 53.4 Å². The Morgan fingerprint density at radius 3 is 2.58 bits per heavy atom. The molecule has 0 aliphatic carbocycles. The molecule has 0 aliphatic rings. The number of aromatic nitrogens is 5. The maximum atomic E-state index is 12.5. The topological polar surface area (TPSA) is 76.6 Å². The van der Waals surface area contributed by atoms with Crippen LogP contribution >= 0.6 is 11.8 Å². The minimum Gasteiger partial charge on any atom is -0.325 e. The van der Waals surface area contributed by atoms with Crippen molar-refractivity contribution in [1.82, 2.24) is 24.2 Å². The van der Waals surface area contributed by atoms with Gasteiger partial charge < -0.3 is 5.32 Å². The van der Waals surface area contributed by atoms with Crippen LogP contribution in [-0.2, 0) is 4.79 Å².